The van der Waals surface area contributed by atoms with Crippen LogP contribution in [0.5, 0.6) is 0 Å². The number of aromatic nitrogens is 2. The first-order chi connectivity index (χ1) is 20.4. The van der Waals surface area contributed by atoms with Gasteiger partial charge in [0.15, 0.2) is 5.82 Å². The van der Waals surface area contributed by atoms with Crippen molar-refractivity contribution in [3.63, 3.8) is 0 Å². The van der Waals surface area contributed by atoms with E-state index in [4.69, 9.17) is 16.8 Å². The summed E-state index contributed by atoms with van der Waals surface area (Å²) < 4.78 is 42.7. The molecule has 0 fully saturated rings. The minimum absolute atomic E-state index is 0.0158. The van der Waals surface area contributed by atoms with E-state index in [-0.39, 0.29) is 23.3 Å². The average Bonchev–Trinajstić information content (AvgIpc) is 3.03. The summed E-state index contributed by atoms with van der Waals surface area (Å²) in [5.74, 6) is 0.395. The summed E-state index contributed by atoms with van der Waals surface area (Å²) in [5.41, 5.74) is 5.33. The minimum Gasteiger partial charge on any atom is -0.291 e. The third-order valence-corrected chi connectivity index (χ3v) is 7.04. The van der Waals surface area contributed by atoms with Gasteiger partial charge in [-0.3, -0.25) is 4.90 Å². The summed E-state index contributed by atoms with van der Waals surface area (Å²) >= 11 is 0. The Balaban J connectivity index is 1.58. The van der Waals surface area contributed by atoms with Crippen LogP contribution >= 0.6 is 0 Å². The van der Waals surface area contributed by atoms with E-state index in [0.717, 1.165) is 44.0 Å². The Morgan fingerprint density at radius 2 is 1.32 bits per heavy atom. The summed E-state index contributed by atoms with van der Waals surface area (Å²) in [4.78, 5) is 12.1. The van der Waals surface area contributed by atoms with Gasteiger partial charge >= 0.3 is 0 Å². The van der Waals surface area contributed by atoms with Crippen LogP contribution in [0.4, 0.5) is 17.2 Å². The lowest BCUT2D eigenvalue weighted by Gasteiger charge is -2.34. The van der Waals surface area contributed by atoms with E-state index in [1.165, 1.54) is 0 Å². The minimum atomic E-state index is -0.447. The average molecular weight is 477 g/mol. The number of rotatable bonds is 2. The van der Waals surface area contributed by atoms with Crippen LogP contribution in [0.2, 0.25) is 0 Å². The van der Waals surface area contributed by atoms with Crippen molar-refractivity contribution in [3.05, 3.63) is 127 Å². The molecule has 0 N–H and O–H groups in total. The van der Waals surface area contributed by atoms with Crippen molar-refractivity contribution in [2.75, 3.05) is 4.90 Å². The number of benzene rings is 6. The zero-order valence-electron chi connectivity index (χ0n) is 24.6. The van der Waals surface area contributed by atoms with E-state index in [1.54, 1.807) is 0 Å². The molecule has 0 atom stereocenters. The number of nitrogens with zero attached hydrogens (tertiary/aromatic N) is 3. The lowest BCUT2D eigenvalue weighted by Crippen LogP contribution is -2.18. The van der Waals surface area contributed by atoms with Crippen molar-refractivity contribution < 1.29 is 6.85 Å². The number of para-hydroxylation sites is 2. The van der Waals surface area contributed by atoms with Gasteiger partial charge in [-0.25, -0.2) is 9.97 Å². The summed E-state index contributed by atoms with van der Waals surface area (Å²) in [6.45, 7) is 0. The van der Waals surface area contributed by atoms with Crippen LogP contribution in [0.25, 0.3) is 55.0 Å². The van der Waals surface area contributed by atoms with Crippen LogP contribution < -0.4 is 4.90 Å². The van der Waals surface area contributed by atoms with Gasteiger partial charge in [0, 0.05) is 21.9 Å². The molecule has 0 spiro atoms. The second-order valence-corrected chi connectivity index (χ2v) is 9.08. The molecular weight excluding hydrogens is 450 g/mol. The summed E-state index contributed by atoms with van der Waals surface area (Å²) in [6, 6.07) is 30.3. The van der Waals surface area contributed by atoms with Gasteiger partial charge in [0.2, 0.25) is 0 Å². The van der Waals surface area contributed by atoms with Gasteiger partial charge in [-0.15, -0.1) is 0 Å². The van der Waals surface area contributed by atoms with E-state index in [0.29, 0.717) is 16.9 Å². The first-order valence-corrected chi connectivity index (χ1v) is 12.1. The van der Waals surface area contributed by atoms with Gasteiger partial charge in [0.05, 0.1) is 29.3 Å². The van der Waals surface area contributed by atoms with Gasteiger partial charge in [-0.1, -0.05) is 109 Å². The van der Waals surface area contributed by atoms with Crippen molar-refractivity contribution >= 4 is 49.8 Å². The van der Waals surface area contributed by atoms with E-state index in [1.807, 2.05) is 48.5 Å². The van der Waals surface area contributed by atoms with Crippen molar-refractivity contribution in [2.45, 2.75) is 0 Å². The summed E-state index contributed by atoms with van der Waals surface area (Å²) in [7, 11) is 0. The van der Waals surface area contributed by atoms with Crippen molar-refractivity contribution in [3.8, 4) is 22.4 Å². The molecule has 8 rings (SSSR count). The highest BCUT2D eigenvalue weighted by Gasteiger charge is 2.30. The van der Waals surface area contributed by atoms with Gasteiger partial charge in [0.25, 0.3) is 0 Å². The smallest absolute Gasteiger partial charge is 0.165 e. The second kappa shape index (κ2) is 7.74. The standard InChI is InChI=1S/C34H21N3/c1-2-11-24(12-3-1)32-34(36-29-18-7-6-17-28(29)35-32)37-30-19-9-14-23-13-8-16-26(31(23)30)27-21-20-22-10-4-5-15-25(22)33(27)37/h1-21H/i1D,2D,3D,11D,12D. The third-order valence-electron chi connectivity index (χ3n) is 7.04. The van der Waals surface area contributed by atoms with Crippen LogP contribution in [0, 0.1) is 0 Å². The van der Waals surface area contributed by atoms with E-state index < -0.39 is 18.1 Å². The zero-order chi connectivity index (χ0) is 28.7. The quantitative estimate of drug-likeness (QED) is 0.249. The SMILES string of the molecule is [2H]c1c([2H])c([2H])c(-c2nc3ccccc3nc2N2c3c(ccc4ccccc34)-c3cccc4cccc2c34)c([2H])c1[2H]. The third kappa shape index (κ3) is 2.95. The van der Waals surface area contributed by atoms with Gasteiger partial charge in [-0.05, 0) is 34.5 Å². The molecule has 1 aliphatic heterocycles. The molecule has 1 aliphatic rings. The predicted octanol–water partition coefficient (Wildman–Crippen LogP) is 9.05. The number of hydrogen-bond acceptors (Lipinski definition) is 3. The zero-order valence-corrected chi connectivity index (χ0v) is 19.6. The van der Waals surface area contributed by atoms with E-state index >= 15 is 0 Å². The fourth-order valence-corrected chi connectivity index (χ4v) is 5.47. The number of hydrogen-bond donors (Lipinski definition) is 0. The fraction of sp³-hybridized carbons (Fsp3) is 0. The monoisotopic (exact) mass is 476 g/mol. The summed E-state index contributed by atoms with van der Waals surface area (Å²) in [6.07, 6.45) is 0. The molecule has 6 aromatic carbocycles. The highest BCUT2D eigenvalue weighted by atomic mass is 15.2. The molecule has 3 nitrogen and oxygen atoms in total. The highest BCUT2D eigenvalue weighted by Crippen LogP contribution is 2.54. The number of fused-ring (bicyclic) bond motifs is 5. The Bertz CT molecular complexity index is 2250. The molecule has 7 aromatic rings. The normalized spacial score (nSPS) is 14.2. The largest absolute Gasteiger partial charge is 0.291 e. The molecule has 0 radical (unpaired) electrons. The van der Waals surface area contributed by atoms with E-state index in [9.17, 15) is 0 Å². The molecule has 0 amide bonds. The number of anilines is 3. The molecule has 3 heteroatoms. The molecular formula is C34H21N3. The van der Waals surface area contributed by atoms with Crippen molar-refractivity contribution in [1.29, 1.82) is 0 Å². The Hall–Kier alpha value is -5.02. The lowest BCUT2D eigenvalue weighted by molar-refractivity contribution is 1.18. The Labute approximate surface area is 221 Å². The predicted molar refractivity (Wildman–Crippen MR) is 154 cm³/mol. The highest BCUT2D eigenvalue weighted by molar-refractivity contribution is 6.19. The molecule has 0 saturated heterocycles. The molecule has 0 unspecified atom stereocenters. The fourth-order valence-electron chi connectivity index (χ4n) is 5.47. The molecule has 0 bridgehead atoms. The maximum Gasteiger partial charge on any atom is 0.165 e. The summed E-state index contributed by atoms with van der Waals surface area (Å²) in [5, 5.41) is 4.16. The molecule has 2 heterocycles. The van der Waals surface area contributed by atoms with Gasteiger partial charge in [-0.2, -0.15) is 0 Å². The van der Waals surface area contributed by atoms with Crippen LogP contribution in [0.15, 0.2) is 127 Å². The molecule has 172 valence electrons. The van der Waals surface area contributed by atoms with Crippen molar-refractivity contribution in [1.82, 2.24) is 9.97 Å². The maximum absolute atomic E-state index is 8.84. The maximum atomic E-state index is 8.84. The van der Waals surface area contributed by atoms with Gasteiger partial charge in [0.1, 0.15) is 5.69 Å². The molecule has 37 heavy (non-hydrogen) atoms. The first kappa shape index (κ1) is 15.9. The van der Waals surface area contributed by atoms with Crippen LogP contribution in [-0.4, -0.2) is 9.97 Å². The van der Waals surface area contributed by atoms with Crippen LogP contribution in [0.1, 0.15) is 6.85 Å². The van der Waals surface area contributed by atoms with Gasteiger partial charge < -0.3 is 0 Å². The Kier molecular flexibility index (Phi) is 3.32. The van der Waals surface area contributed by atoms with Crippen LogP contribution in [0.3, 0.4) is 0 Å². The van der Waals surface area contributed by atoms with Crippen LogP contribution in [-0.2, 0) is 0 Å². The lowest BCUT2D eigenvalue weighted by atomic mass is 9.88. The second-order valence-electron chi connectivity index (χ2n) is 9.08. The first-order valence-electron chi connectivity index (χ1n) is 14.6. The molecule has 0 saturated carbocycles. The van der Waals surface area contributed by atoms with Crippen molar-refractivity contribution in [2.24, 2.45) is 0 Å². The molecule has 1 aromatic heterocycles. The topological polar surface area (TPSA) is 29.0 Å². The van der Waals surface area contributed by atoms with E-state index in [2.05, 4.69) is 53.4 Å². The Morgan fingerprint density at radius 3 is 2.19 bits per heavy atom. The molecule has 0 aliphatic carbocycles. The Morgan fingerprint density at radius 1 is 0.595 bits per heavy atom.